The van der Waals surface area contributed by atoms with Crippen LogP contribution in [0.15, 0.2) is 24.3 Å². The van der Waals surface area contributed by atoms with E-state index in [1.54, 1.807) is 0 Å². The number of nitrogens with one attached hydrogen (secondary N) is 1. The SMILES string of the molecule is CCCCCCC/C=C\C/C=C\CCCCCCCCCCCCCCCCCCCC(=O)NC(COP(=O)([O-])OCC[N+](C)(C)C)C(O)CCCCCCCCCC. The van der Waals surface area contributed by atoms with Crippen molar-refractivity contribution in [2.45, 2.75) is 251 Å². The van der Waals surface area contributed by atoms with Crippen molar-refractivity contribution in [3.8, 4) is 0 Å². The molecule has 0 heterocycles. The Morgan fingerprint density at radius 2 is 0.983 bits per heavy atom. The van der Waals surface area contributed by atoms with Gasteiger partial charge in [0.05, 0.1) is 39.9 Å². The molecule has 0 aromatic carbocycles. The van der Waals surface area contributed by atoms with E-state index in [4.69, 9.17) is 9.05 Å². The van der Waals surface area contributed by atoms with E-state index in [0.717, 1.165) is 44.9 Å². The minimum absolute atomic E-state index is 0.0134. The molecule has 8 nitrogen and oxygen atoms in total. The van der Waals surface area contributed by atoms with Gasteiger partial charge in [-0.1, -0.05) is 212 Å². The molecule has 2 N–H and O–H groups in total. The fourth-order valence-corrected chi connectivity index (χ4v) is 8.15. The molecule has 0 fully saturated rings. The highest BCUT2D eigenvalue weighted by molar-refractivity contribution is 7.45. The molecule has 0 spiro atoms. The molecule has 59 heavy (non-hydrogen) atoms. The maximum absolute atomic E-state index is 12.9. The van der Waals surface area contributed by atoms with Crippen molar-refractivity contribution in [1.82, 2.24) is 5.32 Å². The van der Waals surface area contributed by atoms with Gasteiger partial charge in [-0.3, -0.25) is 9.36 Å². The molecule has 0 radical (unpaired) electrons. The average Bonchev–Trinajstić information content (AvgIpc) is 3.19. The summed E-state index contributed by atoms with van der Waals surface area (Å²) in [5.41, 5.74) is 0. The van der Waals surface area contributed by atoms with Gasteiger partial charge in [-0.05, 0) is 44.9 Å². The number of phosphoric ester groups is 1. The van der Waals surface area contributed by atoms with Gasteiger partial charge in [-0.2, -0.15) is 0 Å². The van der Waals surface area contributed by atoms with Crippen LogP contribution in [0.1, 0.15) is 239 Å². The van der Waals surface area contributed by atoms with Crippen LogP contribution in [0, 0.1) is 0 Å². The van der Waals surface area contributed by atoms with Gasteiger partial charge < -0.3 is 28.8 Å². The summed E-state index contributed by atoms with van der Waals surface area (Å²) in [5.74, 6) is -0.166. The van der Waals surface area contributed by atoms with E-state index < -0.39 is 20.0 Å². The van der Waals surface area contributed by atoms with E-state index in [0.29, 0.717) is 23.9 Å². The molecule has 0 saturated heterocycles. The van der Waals surface area contributed by atoms with Crippen LogP contribution in [0.5, 0.6) is 0 Å². The number of hydrogen-bond donors (Lipinski definition) is 2. The fourth-order valence-electron chi connectivity index (χ4n) is 7.42. The Hall–Kier alpha value is -1.02. The lowest BCUT2D eigenvalue weighted by Gasteiger charge is -2.30. The zero-order valence-corrected chi connectivity index (χ0v) is 40.6. The molecule has 3 unspecified atom stereocenters. The molecular weight excluding hydrogens is 756 g/mol. The summed E-state index contributed by atoms with van der Waals surface area (Å²) >= 11 is 0. The number of amides is 1. The predicted molar refractivity (Wildman–Crippen MR) is 252 cm³/mol. The Morgan fingerprint density at radius 1 is 0.593 bits per heavy atom. The van der Waals surface area contributed by atoms with E-state index in [1.165, 1.54) is 167 Å². The van der Waals surface area contributed by atoms with E-state index in [2.05, 4.69) is 43.5 Å². The highest BCUT2D eigenvalue weighted by atomic mass is 31.2. The maximum Gasteiger partial charge on any atom is 0.268 e. The summed E-state index contributed by atoms with van der Waals surface area (Å²) in [6, 6.07) is -0.795. The van der Waals surface area contributed by atoms with Gasteiger partial charge >= 0.3 is 0 Å². The first-order chi connectivity index (χ1) is 28.5. The summed E-state index contributed by atoms with van der Waals surface area (Å²) in [5, 5.41) is 13.8. The lowest BCUT2D eigenvalue weighted by Crippen LogP contribution is -2.46. The first-order valence-electron chi connectivity index (χ1n) is 25.2. The van der Waals surface area contributed by atoms with Crippen LogP contribution in [0.4, 0.5) is 0 Å². The van der Waals surface area contributed by atoms with Crippen molar-refractivity contribution >= 4 is 13.7 Å². The monoisotopic (exact) mass is 855 g/mol. The number of allylic oxidation sites excluding steroid dienone is 4. The summed E-state index contributed by atoms with van der Waals surface area (Å²) in [7, 11) is 1.31. The summed E-state index contributed by atoms with van der Waals surface area (Å²) in [4.78, 5) is 25.3. The minimum atomic E-state index is -4.55. The van der Waals surface area contributed by atoms with Crippen LogP contribution in [0.3, 0.4) is 0 Å². The van der Waals surface area contributed by atoms with Crippen molar-refractivity contribution in [3.63, 3.8) is 0 Å². The minimum Gasteiger partial charge on any atom is -0.756 e. The van der Waals surface area contributed by atoms with Crippen LogP contribution in [-0.4, -0.2) is 68.5 Å². The van der Waals surface area contributed by atoms with Crippen molar-refractivity contribution < 1.29 is 32.9 Å². The number of nitrogens with zero attached hydrogens (tertiary/aromatic N) is 1. The smallest absolute Gasteiger partial charge is 0.268 e. The molecule has 0 aliphatic carbocycles. The fraction of sp³-hybridized carbons (Fsp3) is 0.900. The summed E-state index contributed by atoms with van der Waals surface area (Å²) < 4.78 is 23.2. The molecule has 0 aliphatic heterocycles. The lowest BCUT2D eigenvalue weighted by atomic mass is 10.0. The first kappa shape index (κ1) is 58.0. The lowest BCUT2D eigenvalue weighted by molar-refractivity contribution is -0.870. The van der Waals surface area contributed by atoms with Crippen molar-refractivity contribution in [1.29, 1.82) is 0 Å². The Labute approximate surface area is 366 Å². The number of carbonyl (C=O) groups excluding carboxylic acids is 1. The third-order valence-corrected chi connectivity index (χ3v) is 12.4. The maximum atomic E-state index is 12.9. The van der Waals surface area contributed by atoms with Crippen LogP contribution >= 0.6 is 7.82 Å². The zero-order chi connectivity index (χ0) is 43.6. The van der Waals surface area contributed by atoms with Gasteiger partial charge in [-0.25, -0.2) is 0 Å². The standard InChI is InChI=1S/C50H99N2O6P/c1-6-8-10-12-14-16-17-18-19-20-21-22-23-24-25-26-27-28-29-30-31-32-33-34-35-36-38-40-42-44-50(54)51-48(47-58-59(55,56)57-46-45-52(3,4)5)49(53)43-41-39-37-15-13-11-9-7-2/h17-18,20-21,48-49,53H,6-16,19,22-47H2,1-5H3,(H-,51,54,55,56)/b18-17-,21-20-. The molecule has 0 rings (SSSR count). The van der Waals surface area contributed by atoms with Gasteiger partial charge in [0.15, 0.2) is 0 Å². The summed E-state index contributed by atoms with van der Waals surface area (Å²) in [6.07, 6.45) is 50.8. The second-order valence-corrected chi connectivity index (χ2v) is 19.9. The number of unbranched alkanes of at least 4 members (excludes halogenated alkanes) is 29. The first-order valence-corrected chi connectivity index (χ1v) is 26.6. The Kier molecular flexibility index (Phi) is 41.6. The molecule has 3 atom stereocenters. The number of carbonyl (C=O) groups is 1. The largest absolute Gasteiger partial charge is 0.756 e. The average molecular weight is 855 g/mol. The van der Waals surface area contributed by atoms with Crippen LogP contribution < -0.4 is 10.2 Å². The zero-order valence-electron chi connectivity index (χ0n) is 39.7. The number of aliphatic hydroxyl groups is 1. The van der Waals surface area contributed by atoms with Crippen LogP contribution in [0.2, 0.25) is 0 Å². The number of phosphoric acid groups is 1. The Morgan fingerprint density at radius 3 is 1.41 bits per heavy atom. The van der Waals surface area contributed by atoms with E-state index in [1.807, 2.05) is 21.1 Å². The highest BCUT2D eigenvalue weighted by Gasteiger charge is 2.24. The molecule has 0 aromatic heterocycles. The number of quaternary nitrogens is 1. The molecule has 350 valence electrons. The van der Waals surface area contributed by atoms with Gasteiger partial charge in [0.25, 0.3) is 7.82 Å². The molecule has 0 aliphatic rings. The number of aliphatic hydroxyl groups excluding tert-OH is 1. The summed E-state index contributed by atoms with van der Waals surface area (Å²) in [6.45, 7) is 4.68. The van der Waals surface area contributed by atoms with E-state index in [-0.39, 0.29) is 19.1 Å². The third kappa shape index (κ3) is 44.8. The van der Waals surface area contributed by atoms with E-state index in [9.17, 15) is 19.4 Å². The highest BCUT2D eigenvalue weighted by Crippen LogP contribution is 2.38. The molecule has 9 heteroatoms. The van der Waals surface area contributed by atoms with Gasteiger partial charge in [0.1, 0.15) is 13.2 Å². The second-order valence-electron chi connectivity index (χ2n) is 18.5. The van der Waals surface area contributed by atoms with Gasteiger partial charge in [-0.15, -0.1) is 0 Å². The number of hydrogen-bond acceptors (Lipinski definition) is 6. The topological polar surface area (TPSA) is 108 Å². The van der Waals surface area contributed by atoms with Gasteiger partial charge in [0, 0.05) is 6.42 Å². The van der Waals surface area contributed by atoms with E-state index >= 15 is 0 Å². The number of rotatable bonds is 46. The Balaban J connectivity index is 3.96. The normalized spacial score (nSPS) is 14.4. The molecule has 0 bridgehead atoms. The van der Waals surface area contributed by atoms with Crippen LogP contribution in [0.25, 0.3) is 0 Å². The Bertz CT molecular complexity index is 1020. The predicted octanol–water partition coefficient (Wildman–Crippen LogP) is 13.8. The molecule has 0 aromatic rings. The van der Waals surface area contributed by atoms with Crippen molar-refractivity contribution in [2.75, 3.05) is 40.9 Å². The quantitative estimate of drug-likeness (QED) is 0.0273. The molecular formula is C50H99N2O6P. The third-order valence-electron chi connectivity index (χ3n) is 11.4. The van der Waals surface area contributed by atoms with Crippen molar-refractivity contribution in [3.05, 3.63) is 24.3 Å². The van der Waals surface area contributed by atoms with Crippen molar-refractivity contribution in [2.24, 2.45) is 0 Å². The second kappa shape index (κ2) is 42.3. The molecule has 0 saturated carbocycles. The van der Waals surface area contributed by atoms with Gasteiger partial charge in [0.2, 0.25) is 5.91 Å². The molecule has 1 amide bonds. The van der Waals surface area contributed by atoms with Crippen LogP contribution in [-0.2, 0) is 18.4 Å². The number of likely N-dealkylation sites (N-methyl/N-ethyl adjacent to an activating group) is 1.